The first-order valence-corrected chi connectivity index (χ1v) is 5.66. The summed E-state index contributed by atoms with van der Waals surface area (Å²) in [5, 5.41) is 10.7. The Morgan fingerprint density at radius 1 is 1.56 bits per heavy atom. The summed E-state index contributed by atoms with van der Waals surface area (Å²) in [4.78, 5) is 14.9. The Bertz CT molecular complexity index is 598. The summed E-state index contributed by atoms with van der Waals surface area (Å²) < 4.78 is 0.814. The summed E-state index contributed by atoms with van der Waals surface area (Å²) in [7, 11) is 0. The molecule has 1 N–H and O–H groups in total. The number of aromatic nitrogens is 1. The third kappa shape index (κ3) is 1.68. The fraction of sp³-hybridized carbons (Fsp3) is 0.0909. The van der Waals surface area contributed by atoms with Crippen LogP contribution in [0.2, 0.25) is 5.02 Å². The predicted molar refractivity (Wildman–Crippen MR) is 66.1 cm³/mol. The van der Waals surface area contributed by atoms with E-state index in [0.717, 1.165) is 15.4 Å². The number of carbonyl (C=O) groups is 1. The lowest BCUT2D eigenvalue weighted by atomic mass is 10.1. The molecule has 0 aliphatic rings. The quantitative estimate of drug-likeness (QED) is 0.874. The van der Waals surface area contributed by atoms with Crippen molar-refractivity contribution in [1.82, 2.24) is 4.98 Å². The van der Waals surface area contributed by atoms with Gasteiger partial charge in [0, 0.05) is 21.4 Å². The normalized spacial score (nSPS) is 10.7. The molecule has 1 aromatic carbocycles. The number of nitrogens with zero attached hydrogens (tertiary/aromatic N) is 1. The highest BCUT2D eigenvalue weighted by Gasteiger charge is 2.16. The van der Waals surface area contributed by atoms with Crippen molar-refractivity contribution >= 4 is 44.3 Å². The molecule has 2 rings (SSSR count). The molecule has 0 saturated carbocycles. The average molecular weight is 301 g/mol. The van der Waals surface area contributed by atoms with Gasteiger partial charge in [-0.2, -0.15) is 0 Å². The highest BCUT2D eigenvalue weighted by molar-refractivity contribution is 9.10. The molecule has 5 heteroatoms. The van der Waals surface area contributed by atoms with Crippen LogP contribution in [0.15, 0.2) is 22.8 Å². The Hall–Kier alpha value is -1.13. The number of fused-ring (bicyclic) bond motifs is 1. The van der Waals surface area contributed by atoms with Gasteiger partial charge in [-0.1, -0.05) is 27.5 Å². The minimum Gasteiger partial charge on any atom is -0.476 e. The van der Waals surface area contributed by atoms with E-state index in [1.807, 2.05) is 13.0 Å². The average Bonchev–Trinajstić information content (AvgIpc) is 2.25. The van der Waals surface area contributed by atoms with Gasteiger partial charge in [0.25, 0.3) is 0 Å². The summed E-state index contributed by atoms with van der Waals surface area (Å²) >= 11 is 9.51. The summed E-state index contributed by atoms with van der Waals surface area (Å²) in [5.41, 5.74) is 0.795. The highest BCUT2D eigenvalue weighted by Crippen LogP contribution is 2.34. The van der Waals surface area contributed by atoms with Gasteiger partial charge in [0.2, 0.25) is 0 Å². The zero-order valence-corrected chi connectivity index (χ0v) is 10.6. The number of hydrogen-bond donors (Lipinski definition) is 1. The second-order valence-corrected chi connectivity index (χ2v) is 4.61. The van der Waals surface area contributed by atoms with Crippen LogP contribution in [0.1, 0.15) is 16.1 Å². The number of aromatic carboxylic acids is 1. The third-order valence-corrected chi connectivity index (χ3v) is 3.46. The Balaban J connectivity index is 3.01. The van der Waals surface area contributed by atoms with E-state index < -0.39 is 5.97 Å². The van der Waals surface area contributed by atoms with Gasteiger partial charge < -0.3 is 5.11 Å². The van der Waals surface area contributed by atoms with Gasteiger partial charge in [-0.15, -0.1) is 0 Å². The third-order valence-electron chi connectivity index (χ3n) is 2.32. The van der Waals surface area contributed by atoms with E-state index in [9.17, 15) is 4.79 Å². The van der Waals surface area contributed by atoms with Crippen molar-refractivity contribution in [2.45, 2.75) is 6.92 Å². The minimum atomic E-state index is -1.08. The molecular weight excluding hydrogens is 293 g/mol. The fourth-order valence-electron chi connectivity index (χ4n) is 1.57. The molecule has 82 valence electrons. The Morgan fingerprint density at radius 3 is 2.88 bits per heavy atom. The lowest BCUT2D eigenvalue weighted by Gasteiger charge is -2.08. The van der Waals surface area contributed by atoms with Gasteiger partial charge in [0.05, 0.1) is 5.02 Å². The van der Waals surface area contributed by atoms with E-state index in [4.69, 9.17) is 16.7 Å². The van der Waals surface area contributed by atoms with Crippen LogP contribution in [-0.2, 0) is 0 Å². The van der Waals surface area contributed by atoms with Crippen LogP contribution >= 0.6 is 27.5 Å². The van der Waals surface area contributed by atoms with E-state index in [-0.39, 0.29) is 5.69 Å². The van der Waals surface area contributed by atoms with Crippen molar-refractivity contribution in [2.75, 3.05) is 0 Å². The van der Waals surface area contributed by atoms with Crippen LogP contribution in [0.3, 0.4) is 0 Å². The highest BCUT2D eigenvalue weighted by atomic mass is 79.9. The molecular formula is C11H7BrClNO2. The van der Waals surface area contributed by atoms with Gasteiger partial charge in [-0.3, -0.25) is 0 Å². The van der Waals surface area contributed by atoms with Crippen molar-refractivity contribution in [3.8, 4) is 0 Å². The lowest BCUT2D eigenvalue weighted by molar-refractivity contribution is 0.0693. The molecule has 0 aliphatic carbocycles. The van der Waals surface area contributed by atoms with E-state index >= 15 is 0 Å². The van der Waals surface area contributed by atoms with Gasteiger partial charge in [-0.05, 0) is 24.6 Å². The van der Waals surface area contributed by atoms with Crippen molar-refractivity contribution in [1.29, 1.82) is 0 Å². The predicted octanol–water partition coefficient (Wildman–Crippen LogP) is 3.66. The number of halogens is 2. The number of aryl methyl sites for hydroxylation is 1. The maximum absolute atomic E-state index is 11.1. The maximum Gasteiger partial charge on any atom is 0.355 e. The molecule has 0 spiro atoms. The number of benzene rings is 1. The van der Waals surface area contributed by atoms with Crippen molar-refractivity contribution < 1.29 is 9.90 Å². The number of hydrogen-bond acceptors (Lipinski definition) is 2. The molecule has 0 bridgehead atoms. The second-order valence-electron chi connectivity index (χ2n) is 3.38. The molecule has 1 heterocycles. The number of pyridine rings is 1. The zero-order chi connectivity index (χ0) is 11.9. The molecule has 0 unspecified atom stereocenters. The van der Waals surface area contributed by atoms with Crippen LogP contribution in [0, 0.1) is 6.92 Å². The first-order valence-electron chi connectivity index (χ1n) is 4.49. The van der Waals surface area contributed by atoms with Gasteiger partial charge in [0.15, 0.2) is 5.69 Å². The van der Waals surface area contributed by atoms with E-state index in [0.29, 0.717) is 10.4 Å². The SMILES string of the molecule is Cc1cc(Br)c2ccnc(C(=O)O)c2c1Cl. The smallest absolute Gasteiger partial charge is 0.355 e. The van der Waals surface area contributed by atoms with Crippen LogP contribution < -0.4 is 0 Å². The maximum atomic E-state index is 11.1. The fourth-order valence-corrected chi connectivity index (χ4v) is 2.49. The second kappa shape index (κ2) is 4.03. The topological polar surface area (TPSA) is 50.2 Å². The standard InChI is InChI=1S/C11H7BrClNO2/c1-5-4-7(12)6-2-3-14-10(11(15)16)8(6)9(5)13/h2-4H,1H3,(H,15,16). The summed E-state index contributed by atoms with van der Waals surface area (Å²) in [6.45, 7) is 1.82. The van der Waals surface area contributed by atoms with E-state index in [1.165, 1.54) is 6.20 Å². The largest absolute Gasteiger partial charge is 0.476 e. The zero-order valence-electron chi connectivity index (χ0n) is 8.29. The van der Waals surface area contributed by atoms with Gasteiger partial charge in [0.1, 0.15) is 0 Å². The number of rotatable bonds is 1. The molecule has 0 fully saturated rings. The van der Waals surface area contributed by atoms with E-state index in [2.05, 4.69) is 20.9 Å². The first-order chi connectivity index (χ1) is 7.52. The molecule has 0 radical (unpaired) electrons. The summed E-state index contributed by atoms with van der Waals surface area (Å²) in [6, 6.07) is 3.59. The van der Waals surface area contributed by atoms with Gasteiger partial charge in [-0.25, -0.2) is 9.78 Å². The lowest BCUT2D eigenvalue weighted by Crippen LogP contribution is -2.02. The molecule has 0 atom stereocenters. The summed E-state index contributed by atoms with van der Waals surface area (Å²) in [6.07, 6.45) is 1.46. The molecule has 0 saturated heterocycles. The molecule has 16 heavy (non-hydrogen) atoms. The van der Waals surface area contributed by atoms with Crippen LogP contribution in [0.5, 0.6) is 0 Å². The van der Waals surface area contributed by atoms with E-state index in [1.54, 1.807) is 6.07 Å². The minimum absolute atomic E-state index is 0.0214. The number of carboxylic acid groups (broad SMARTS) is 1. The first kappa shape index (κ1) is 11.4. The monoisotopic (exact) mass is 299 g/mol. The molecule has 3 nitrogen and oxygen atoms in total. The molecule has 2 aromatic rings. The van der Waals surface area contributed by atoms with Crippen molar-refractivity contribution in [2.24, 2.45) is 0 Å². The Morgan fingerprint density at radius 2 is 2.25 bits per heavy atom. The van der Waals surface area contributed by atoms with Crippen LogP contribution in [0.4, 0.5) is 0 Å². The van der Waals surface area contributed by atoms with Crippen molar-refractivity contribution in [3.05, 3.63) is 39.1 Å². The molecule has 0 aliphatic heterocycles. The molecule has 0 amide bonds. The summed E-state index contributed by atoms with van der Waals surface area (Å²) in [5.74, 6) is -1.08. The van der Waals surface area contributed by atoms with Gasteiger partial charge >= 0.3 is 5.97 Å². The van der Waals surface area contributed by atoms with Crippen LogP contribution in [-0.4, -0.2) is 16.1 Å². The Kier molecular flexibility index (Phi) is 2.86. The Labute approximate surface area is 105 Å². The number of carboxylic acids is 1. The van der Waals surface area contributed by atoms with Crippen molar-refractivity contribution in [3.63, 3.8) is 0 Å². The van der Waals surface area contributed by atoms with Crippen LogP contribution in [0.25, 0.3) is 10.8 Å². The molecule has 1 aromatic heterocycles.